The fourth-order valence-electron chi connectivity index (χ4n) is 3.60. The van der Waals surface area contributed by atoms with E-state index in [1.807, 2.05) is 6.20 Å². The molecule has 1 aromatic heterocycles. The monoisotopic (exact) mass is 325 g/mol. The molecule has 128 valence electrons. The zero-order valence-corrected chi connectivity index (χ0v) is 14.5. The van der Waals surface area contributed by atoms with E-state index in [1.165, 1.54) is 24.0 Å². The van der Waals surface area contributed by atoms with Crippen molar-refractivity contribution in [1.82, 2.24) is 15.1 Å². The minimum atomic E-state index is 0.289. The highest BCUT2D eigenvalue weighted by molar-refractivity contribution is 5.76. The highest BCUT2D eigenvalue weighted by Crippen LogP contribution is 2.23. The minimum Gasteiger partial charge on any atom is -0.342 e. The number of rotatable bonds is 6. The van der Waals surface area contributed by atoms with Crippen LogP contribution in [-0.2, 0) is 17.6 Å². The number of nitrogens with zero attached hydrogens (tertiary/aromatic N) is 2. The van der Waals surface area contributed by atoms with Crippen molar-refractivity contribution >= 4 is 5.91 Å². The second-order valence-corrected chi connectivity index (χ2v) is 6.92. The molecule has 1 unspecified atom stereocenters. The van der Waals surface area contributed by atoms with E-state index in [-0.39, 0.29) is 5.91 Å². The first-order chi connectivity index (χ1) is 11.7. The van der Waals surface area contributed by atoms with Gasteiger partial charge in [-0.15, -0.1) is 0 Å². The lowest BCUT2D eigenvalue weighted by Gasteiger charge is -2.33. The molecule has 0 radical (unpaired) electrons. The molecule has 1 fully saturated rings. The average molecular weight is 325 g/mol. The van der Waals surface area contributed by atoms with Gasteiger partial charge in [0.15, 0.2) is 0 Å². The van der Waals surface area contributed by atoms with Crippen LogP contribution in [0.25, 0.3) is 0 Å². The quantitative estimate of drug-likeness (QED) is 0.883. The molecule has 1 aliphatic heterocycles. The van der Waals surface area contributed by atoms with Crippen LogP contribution in [0.1, 0.15) is 42.4 Å². The second kappa shape index (κ2) is 8.13. The molecule has 2 aromatic rings. The summed E-state index contributed by atoms with van der Waals surface area (Å²) in [5, 5.41) is 6.74. The maximum absolute atomic E-state index is 12.5. The van der Waals surface area contributed by atoms with E-state index in [1.54, 1.807) is 6.20 Å². The van der Waals surface area contributed by atoms with Crippen molar-refractivity contribution in [1.29, 1.82) is 0 Å². The molecule has 1 saturated heterocycles. The van der Waals surface area contributed by atoms with E-state index in [4.69, 9.17) is 0 Å². The van der Waals surface area contributed by atoms with Crippen LogP contribution >= 0.6 is 0 Å². The first-order valence-electron chi connectivity index (χ1n) is 9.02. The summed E-state index contributed by atoms with van der Waals surface area (Å²) in [6.45, 7) is 4.03. The number of likely N-dealkylation sites (tertiary alicyclic amines) is 1. The first kappa shape index (κ1) is 16.7. The van der Waals surface area contributed by atoms with Crippen LogP contribution in [0.2, 0.25) is 0 Å². The largest absolute Gasteiger partial charge is 0.342 e. The van der Waals surface area contributed by atoms with Gasteiger partial charge in [-0.05, 0) is 61.6 Å². The number of carbonyl (C=O) groups excluding carboxylic acids is 1. The maximum atomic E-state index is 12.5. The van der Waals surface area contributed by atoms with E-state index in [2.05, 4.69) is 46.3 Å². The summed E-state index contributed by atoms with van der Waals surface area (Å²) in [5.41, 5.74) is 3.93. The molecule has 0 spiro atoms. The zero-order valence-electron chi connectivity index (χ0n) is 14.5. The van der Waals surface area contributed by atoms with Crippen molar-refractivity contribution in [2.45, 2.75) is 45.4 Å². The van der Waals surface area contributed by atoms with Gasteiger partial charge in [0.1, 0.15) is 0 Å². The average Bonchev–Trinajstić information content (AvgIpc) is 3.13. The normalized spacial score (nSPS) is 17.9. The van der Waals surface area contributed by atoms with Crippen molar-refractivity contribution < 1.29 is 4.79 Å². The Labute approximate surface area is 144 Å². The maximum Gasteiger partial charge on any atom is 0.222 e. The Bertz CT molecular complexity index is 651. The van der Waals surface area contributed by atoms with E-state index in [0.717, 1.165) is 37.9 Å². The van der Waals surface area contributed by atoms with Crippen LogP contribution < -0.4 is 0 Å². The molecule has 1 aromatic carbocycles. The van der Waals surface area contributed by atoms with Crippen LogP contribution in [0.4, 0.5) is 0 Å². The SMILES string of the molecule is Cc1ccccc1CCC1CCCN(C(=O)CCc2cn[nH]c2)C1. The number of aromatic amines is 1. The molecule has 0 bridgehead atoms. The number of hydrogen-bond donors (Lipinski definition) is 1. The predicted molar refractivity (Wildman–Crippen MR) is 95.7 cm³/mol. The summed E-state index contributed by atoms with van der Waals surface area (Å²) >= 11 is 0. The first-order valence-corrected chi connectivity index (χ1v) is 9.02. The van der Waals surface area contributed by atoms with Gasteiger partial charge in [-0.1, -0.05) is 24.3 Å². The zero-order chi connectivity index (χ0) is 16.8. The van der Waals surface area contributed by atoms with Crippen LogP contribution in [0.3, 0.4) is 0 Å². The molecule has 4 heteroatoms. The summed E-state index contributed by atoms with van der Waals surface area (Å²) in [7, 11) is 0. The summed E-state index contributed by atoms with van der Waals surface area (Å²) in [6, 6.07) is 8.63. The third kappa shape index (κ3) is 4.47. The van der Waals surface area contributed by atoms with Gasteiger partial charge in [-0.25, -0.2) is 0 Å². The Morgan fingerprint density at radius 1 is 1.33 bits per heavy atom. The Balaban J connectivity index is 1.47. The van der Waals surface area contributed by atoms with Gasteiger partial charge in [-0.3, -0.25) is 9.89 Å². The standard InChI is InChI=1S/C20H27N3O/c1-16-5-2-3-7-19(16)10-8-17-6-4-12-23(15-17)20(24)11-9-18-13-21-22-14-18/h2-3,5,7,13-14,17H,4,6,8-12,15H2,1H3,(H,21,22). The third-order valence-electron chi connectivity index (χ3n) is 5.14. The molecule has 0 aliphatic carbocycles. The molecule has 1 atom stereocenters. The van der Waals surface area contributed by atoms with E-state index in [9.17, 15) is 4.79 Å². The Morgan fingerprint density at radius 3 is 3.00 bits per heavy atom. The summed E-state index contributed by atoms with van der Waals surface area (Å²) in [4.78, 5) is 14.5. The van der Waals surface area contributed by atoms with Crippen LogP contribution in [0.5, 0.6) is 0 Å². The van der Waals surface area contributed by atoms with Crippen molar-refractivity contribution in [2.75, 3.05) is 13.1 Å². The van der Waals surface area contributed by atoms with Gasteiger partial charge in [0.05, 0.1) is 6.20 Å². The van der Waals surface area contributed by atoms with Gasteiger partial charge >= 0.3 is 0 Å². The molecule has 1 amide bonds. The fourth-order valence-corrected chi connectivity index (χ4v) is 3.60. The van der Waals surface area contributed by atoms with E-state index < -0.39 is 0 Å². The number of amides is 1. The molecule has 1 N–H and O–H groups in total. The van der Waals surface area contributed by atoms with Crippen LogP contribution in [0.15, 0.2) is 36.7 Å². The van der Waals surface area contributed by atoms with E-state index >= 15 is 0 Å². The number of aryl methyl sites for hydroxylation is 3. The summed E-state index contributed by atoms with van der Waals surface area (Å²) in [6.07, 6.45) is 9.71. The van der Waals surface area contributed by atoms with Gasteiger partial charge in [0.25, 0.3) is 0 Å². The topological polar surface area (TPSA) is 49.0 Å². The van der Waals surface area contributed by atoms with Gasteiger partial charge in [0, 0.05) is 25.7 Å². The molecule has 4 nitrogen and oxygen atoms in total. The highest BCUT2D eigenvalue weighted by atomic mass is 16.2. The molecule has 3 rings (SSSR count). The lowest BCUT2D eigenvalue weighted by atomic mass is 9.90. The Morgan fingerprint density at radius 2 is 2.21 bits per heavy atom. The molecule has 2 heterocycles. The predicted octanol–water partition coefficient (Wildman–Crippen LogP) is 3.52. The lowest BCUT2D eigenvalue weighted by Crippen LogP contribution is -2.40. The Hall–Kier alpha value is -2.10. The molecule has 0 saturated carbocycles. The smallest absolute Gasteiger partial charge is 0.222 e. The van der Waals surface area contributed by atoms with Crippen molar-refractivity contribution in [3.63, 3.8) is 0 Å². The number of aromatic nitrogens is 2. The second-order valence-electron chi connectivity index (χ2n) is 6.92. The number of nitrogens with one attached hydrogen (secondary N) is 1. The molecule has 1 aliphatic rings. The lowest BCUT2D eigenvalue weighted by molar-refractivity contribution is -0.133. The van der Waals surface area contributed by atoms with Crippen LogP contribution in [-0.4, -0.2) is 34.1 Å². The van der Waals surface area contributed by atoms with Gasteiger partial charge in [-0.2, -0.15) is 5.10 Å². The number of benzene rings is 1. The Kier molecular flexibility index (Phi) is 5.68. The minimum absolute atomic E-state index is 0.289. The van der Waals surface area contributed by atoms with Gasteiger partial charge in [0.2, 0.25) is 5.91 Å². The fraction of sp³-hybridized carbons (Fsp3) is 0.500. The molecular formula is C20H27N3O. The van der Waals surface area contributed by atoms with Gasteiger partial charge < -0.3 is 4.90 Å². The number of H-pyrrole nitrogens is 1. The van der Waals surface area contributed by atoms with Crippen molar-refractivity contribution in [3.05, 3.63) is 53.3 Å². The number of piperidine rings is 1. The third-order valence-corrected chi connectivity index (χ3v) is 5.14. The highest BCUT2D eigenvalue weighted by Gasteiger charge is 2.23. The van der Waals surface area contributed by atoms with E-state index in [0.29, 0.717) is 12.3 Å². The van der Waals surface area contributed by atoms with Crippen molar-refractivity contribution in [3.8, 4) is 0 Å². The number of hydrogen-bond acceptors (Lipinski definition) is 2. The molecule has 24 heavy (non-hydrogen) atoms. The van der Waals surface area contributed by atoms with Crippen molar-refractivity contribution in [2.24, 2.45) is 5.92 Å². The van der Waals surface area contributed by atoms with Crippen LogP contribution in [0, 0.1) is 12.8 Å². The summed E-state index contributed by atoms with van der Waals surface area (Å²) < 4.78 is 0. The molecular weight excluding hydrogens is 298 g/mol. The number of carbonyl (C=O) groups is 1. The summed E-state index contributed by atoms with van der Waals surface area (Å²) in [5.74, 6) is 0.924.